The molecule has 2 saturated carbocycles. The molecule has 0 amide bonds. The molecule has 2 aliphatic rings. The summed E-state index contributed by atoms with van der Waals surface area (Å²) in [5.74, 6) is 1.17. The lowest BCUT2D eigenvalue weighted by Crippen LogP contribution is -2.35. The minimum absolute atomic E-state index is 0.0455. The number of carbonyl (C=O) groups excluding carboxylic acids is 1. The number of Topliss-reactive ketones (excluding diaryl/α,β-unsaturated/α-hetero) is 1. The van der Waals surface area contributed by atoms with Gasteiger partial charge in [0.2, 0.25) is 0 Å². The van der Waals surface area contributed by atoms with E-state index in [4.69, 9.17) is 0 Å². The third-order valence-electron chi connectivity index (χ3n) is 5.18. The van der Waals surface area contributed by atoms with Crippen molar-refractivity contribution in [1.82, 2.24) is 0 Å². The van der Waals surface area contributed by atoms with Crippen LogP contribution in [-0.4, -0.2) is 28.2 Å². The number of fused-ring (bicyclic) bond motifs is 2. The van der Waals surface area contributed by atoms with Crippen LogP contribution >= 0.6 is 0 Å². The maximum absolute atomic E-state index is 11.8. The summed E-state index contributed by atoms with van der Waals surface area (Å²) in [7, 11) is 0. The van der Waals surface area contributed by atoms with E-state index in [9.17, 15) is 15.0 Å². The molecule has 0 aromatic heterocycles. The fourth-order valence-corrected chi connectivity index (χ4v) is 3.95. The van der Waals surface area contributed by atoms with Crippen LogP contribution in [0.1, 0.15) is 64.7 Å². The topological polar surface area (TPSA) is 57.5 Å². The summed E-state index contributed by atoms with van der Waals surface area (Å²) >= 11 is 0. The van der Waals surface area contributed by atoms with Crippen molar-refractivity contribution in [2.24, 2.45) is 17.8 Å². The maximum atomic E-state index is 11.8. The molecule has 2 rings (SSSR count). The second-order valence-electron chi connectivity index (χ2n) is 6.97. The van der Waals surface area contributed by atoms with Gasteiger partial charge in [-0.3, -0.25) is 4.79 Å². The fraction of sp³-hybridized carbons (Fsp3) is 0.833. The highest BCUT2D eigenvalue weighted by atomic mass is 16.3. The lowest BCUT2D eigenvalue weighted by Gasteiger charge is -2.36. The minimum atomic E-state index is -0.414. The van der Waals surface area contributed by atoms with Crippen LogP contribution in [0, 0.1) is 17.8 Å². The number of carbonyl (C=O) groups is 1. The lowest BCUT2D eigenvalue weighted by molar-refractivity contribution is -0.120. The van der Waals surface area contributed by atoms with Crippen LogP contribution in [0.25, 0.3) is 0 Å². The van der Waals surface area contributed by atoms with Crippen molar-refractivity contribution < 1.29 is 15.0 Å². The highest BCUT2D eigenvalue weighted by Crippen LogP contribution is 2.41. The number of ketones is 1. The maximum Gasteiger partial charge on any atom is 0.133 e. The van der Waals surface area contributed by atoms with Crippen molar-refractivity contribution in [3.63, 3.8) is 0 Å². The number of hydrogen-bond acceptors (Lipinski definition) is 3. The Labute approximate surface area is 128 Å². The van der Waals surface area contributed by atoms with E-state index in [1.165, 1.54) is 0 Å². The first-order valence-electron chi connectivity index (χ1n) is 8.66. The van der Waals surface area contributed by atoms with Gasteiger partial charge in [-0.1, -0.05) is 38.3 Å². The molecular weight excluding hydrogens is 264 g/mol. The second kappa shape index (κ2) is 8.09. The monoisotopic (exact) mass is 294 g/mol. The minimum Gasteiger partial charge on any atom is -0.392 e. The van der Waals surface area contributed by atoms with Gasteiger partial charge in [0.25, 0.3) is 0 Å². The quantitative estimate of drug-likeness (QED) is 0.584. The molecule has 2 bridgehead atoms. The van der Waals surface area contributed by atoms with E-state index in [2.05, 4.69) is 6.92 Å². The second-order valence-corrected chi connectivity index (χ2v) is 6.97. The Hall–Kier alpha value is -0.670. The first kappa shape index (κ1) is 16.7. The van der Waals surface area contributed by atoms with Crippen LogP contribution in [0.4, 0.5) is 0 Å². The zero-order valence-corrected chi connectivity index (χ0v) is 13.2. The summed E-state index contributed by atoms with van der Waals surface area (Å²) in [6.07, 6.45) is 11.3. The first-order valence-corrected chi connectivity index (χ1v) is 8.66. The number of aliphatic hydroxyl groups excluding tert-OH is 2. The standard InChI is InChI=1S/C18H30O3/c1-2-3-4-5-15(19)8-9-17-14-10-13(11-18(17)21)6-7-16(20)12-14/h8-9,13-15,17-19,21H,2-7,10-12H2,1H3. The summed E-state index contributed by atoms with van der Waals surface area (Å²) < 4.78 is 0. The fourth-order valence-electron chi connectivity index (χ4n) is 3.95. The highest BCUT2D eigenvalue weighted by Gasteiger charge is 2.38. The van der Waals surface area contributed by atoms with Gasteiger partial charge in [-0.05, 0) is 37.5 Å². The van der Waals surface area contributed by atoms with E-state index >= 15 is 0 Å². The molecule has 0 radical (unpaired) electrons. The number of aliphatic hydroxyl groups is 2. The molecule has 5 atom stereocenters. The summed E-state index contributed by atoms with van der Waals surface area (Å²) in [4.78, 5) is 11.8. The van der Waals surface area contributed by atoms with E-state index < -0.39 is 6.10 Å². The molecule has 2 N–H and O–H groups in total. The average Bonchev–Trinajstić information content (AvgIpc) is 2.58. The van der Waals surface area contributed by atoms with E-state index in [-0.39, 0.29) is 17.9 Å². The normalized spacial score (nSPS) is 34.9. The van der Waals surface area contributed by atoms with Crippen LogP contribution in [0.15, 0.2) is 12.2 Å². The van der Waals surface area contributed by atoms with Crippen LogP contribution < -0.4 is 0 Å². The first-order chi connectivity index (χ1) is 10.1. The van der Waals surface area contributed by atoms with Gasteiger partial charge in [0.15, 0.2) is 0 Å². The molecule has 0 heterocycles. The number of hydrogen-bond donors (Lipinski definition) is 2. The summed E-state index contributed by atoms with van der Waals surface area (Å²) in [6.45, 7) is 2.15. The van der Waals surface area contributed by atoms with Gasteiger partial charge in [-0.15, -0.1) is 0 Å². The predicted molar refractivity (Wildman–Crippen MR) is 83.9 cm³/mol. The summed E-state index contributed by atoms with van der Waals surface area (Å²) in [5, 5.41) is 20.4. The largest absolute Gasteiger partial charge is 0.392 e. The Morgan fingerprint density at radius 2 is 2.14 bits per heavy atom. The Morgan fingerprint density at radius 3 is 2.90 bits per heavy atom. The third-order valence-corrected chi connectivity index (χ3v) is 5.18. The van der Waals surface area contributed by atoms with Crippen molar-refractivity contribution in [3.8, 4) is 0 Å². The van der Waals surface area contributed by atoms with Crippen molar-refractivity contribution in [2.75, 3.05) is 0 Å². The molecule has 0 spiro atoms. The van der Waals surface area contributed by atoms with Crippen LogP contribution in [0.5, 0.6) is 0 Å². The van der Waals surface area contributed by atoms with Gasteiger partial charge < -0.3 is 10.2 Å². The molecule has 2 aliphatic carbocycles. The van der Waals surface area contributed by atoms with Gasteiger partial charge in [-0.2, -0.15) is 0 Å². The van der Waals surface area contributed by atoms with Crippen molar-refractivity contribution >= 4 is 5.78 Å². The van der Waals surface area contributed by atoms with E-state index in [0.717, 1.165) is 44.9 Å². The molecule has 2 fully saturated rings. The SMILES string of the molecule is CCCCCC(O)C=CC1C(O)CC2CCC(=O)CC1C2. The molecule has 0 saturated heterocycles. The molecule has 120 valence electrons. The van der Waals surface area contributed by atoms with Crippen molar-refractivity contribution in [1.29, 1.82) is 0 Å². The molecule has 0 aromatic rings. The number of unbranched alkanes of at least 4 members (excludes halogenated alkanes) is 2. The molecular formula is C18H30O3. The molecule has 0 aromatic carbocycles. The van der Waals surface area contributed by atoms with E-state index in [1.54, 1.807) is 0 Å². The molecule has 3 nitrogen and oxygen atoms in total. The Balaban J connectivity index is 1.92. The smallest absolute Gasteiger partial charge is 0.133 e. The van der Waals surface area contributed by atoms with Gasteiger partial charge in [0.1, 0.15) is 5.78 Å². The van der Waals surface area contributed by atoms with Gasteiger partial charge in [0.05, 0.1) is 12.2 Å². The van der Waals surface area contributed by atoms with E-state index in [0.29, 0.717) is 24.5 Å². The van der Waals surface area contributed by atoms with Crippen LogP contribution in [0.2, 0.25) is 0 Å². The summed E-state index contributed by atoms with van der Waals surface area (Å²) in [5.41, 5.74) is 0. The zero-order chi connectivity index (χ0) is 15.2. The molecule has 0 aliphatic heterocycles. The van der Waals surface area contributed by atoms with Crippen LogP contribution in [-0.2, 0) is 4.79 Å². The Morgan fingerprint density at radius 1 is 1.33 bits per heavy atom. The average molecular weight is 294 g/mol. The summed E-state index contributed by atoms with van der Waals surface area (Å²) in [6, 6.07) is 0. The molecule has 21 heavy (non-hydrogen) atoms. The van der Waals surface area contributed by atoms with Crippen molar-refractivity contribution in [3.05, 3.63) is 12.2 Å². The Kier molecular flexibility index (Phi) is 6.43. The van der Waals surface area contributed by atoms with Gasteiger partial charge in [0, 0.05) is 18.8 Å². The zero-order valence-electron chi connectivity index (χ0n) is 13.2. The third kappa shape index (κ3) is 4.93. The molecule has 5 unspecified atom stereocenters. The predicted octanol–water partition coefficient (Wildman–Crippen LogP) is 3.24. The molecule has 3 heteroatoms. The Bertz CT molecular complexity index is 363. The van der Waals surface area contributed by atoms with Gasteiger partial charge >= 0.3 is 0 Å². The van der Waals surface area contributed by atoms with Crippen LogP contribution in [0.3, 0.4) is 0 Å². The number of rotatable bonds is 6. The van der Waals surface area contributed by atoms with Gasteiger partial charge in [-0.25, -0.2) is 0 Å². The highest BCUT2D eigenvalue weighted by molar-refractivity contribution is 5.79. The van der Waals surface area contributed by atoms with E-state index in [1.807, 2.05) is 12.2 Å². The lowest BCUT2D eigenvalue weighted by atomic mass is 9.71. The van der Waals surface area contributed by atoms with Crippen molar-refractivity contribution in [2.45, 2.75) is 76.9 Å².